The Morgan fingerprint density at radius 2 is 2.19 bits per heavy atom. The summed E-state index contributed by atoms with van der Waals surface area (Å²) >= 11 is 0. The number of benzene rings is 1. The Morgan fingerprint density at radius 1 is 1.43 bits per heavy atom. The number of ether oxygens (including phenoxy) is 1. The standard InChI is InChI=1S/C16H24N2O3/c1-16(17-12-15(19)20)8-10-18(13-16)9-5-11-21-14-6-3-2-4-7-14/h2-4,6-7,17H,5,8-13H2,1H3,(H,19,20)/t16-/m0/s1. The van der Waals surface area contributed by atoms with Gasteiger partial charge in [-0.2, -0.15) is 0 Å². The Bertz CT molecular complexity index is 452. The summed E-state index contributed by atoms with van der Waals surface area (Å²) in [6, 6.07) is 9.83. The summed E-state index contributed by atoms with van der Waals surface area (Å²) in [5.41, 5.74) is -0.0846. The van der Waals surface area contributed by atoms with Crippen molar-refractivity contribution in [3.63, 3.8) is 0 Å². The highest BCUT2D eigenvalue weighted by molar-refractivity contribution is 5.69. The van der Waals surface area contributed by atoms with E-state index in [1.54, 1.807) is 0 Å². The Balaban J connectivity index is 1.63. The highest BCUT2D eigenvalue weighted by atomic mass is 16.5. The van der Waals surface area contributed by atoms with Gasteiger partial charge in [-0.25, -0.2) is 0 Å². The minimum atomic E-state index is -0.800. The van der Waals surface area contributed by atoms with Gasteiger partial charge in [-0.15, -0.1) is 0 Å². The minimum absolute atomic E-state index is 0.0292. The van der Waals surface area contributed by atoms with Gasteiger partial charge in [0.25, 0.3) is 0 Å². The van der Waals surface area contributed by atoms with E-state index in [0.717, 1.165) is 38.2 Å². The summed E-state index contributed by atoms with van der Waals surface area (Å²) in [7, 11) is 0. The van der Waals surface area contributed by atoms with Gasteiger partial charge in [-0.05, 0) is 31.9 Å². The maximum Gasteiger partial charge on any atom is 0.317 e. The van der Waals surface area contributed by atoms with Crippen molar-refractivity contribution in [3.8, 4) is 5.75 Å². The lowest BCUT2D eigenvalue weighted by molar-refractivity contribution is -0.136. The van der Waals surface area contributed by atoms with E-state index in [9.17, 15) is 4.79 Å². The normalized spacial score (nSPS) is 22.3. The van der Waals surface area contributed by atoms with Crippen molar-refractivity contribution >= 4 is 5.97 Å². The number of nitrogens with zero attached hydrogens (tertiary/aromatic N) is 1. The number of likely N-dealkylation sites (tertiary alicyclic amines) is 1. The Morgan fingerprint density at radius 3 is 2.90 bits per heavy atom. The van der Waals surface area contributed by atoms with Crippen LogP contribution in [0.25, 0.3) is 0 Å². The van der Waals surface area contributed by atoms with Crippen molar-refractivity contribution < 1.29 is 14.6 Å². The lowest BCUT2D eigenvalue weighted by Gasteiger charge is -2.25. The number of hydrogen-bond donors (Lipinski definition) is 2. The first-order chi connectivity index (χ1) is 10.1. The fourth-order valence-corrected chi connectivity index (χ4v) is 2.68. The van der Waals surface area contributed by atoms with Gasteiger partial charge in [0.1, 0.15) is 5.75 Å². The molecule has 1 atom stereocenters. The molecule has 5 heteroatoms. The molecule has 0 saturated carbocycles. The fraction of sp³-hybridized carbons (Fsp3) is 0.562. The van der Waals surface area contributed by atoms with E-state index in [4.69, 9.17) is 9.84 Å². The van der Waals surface area contributed by atoms with Gasteiger partial charge in [0.05, 0.1) is 13.2 Å². The minimum Gasteiger partial charge on any atom is -0.494 e. The molecule has 1 aliphatic rings. The van der Waals surface area contributed by atoms with Crippen LogP contribution in [0.4, 0.5) is 0 Å². The highest BCUT2D eigenvalue weighted by Crippen LogP contribution is 2.20. The molecule has 1 saturated heterocycles. The first-order valence-corrected chi connectivity index (χ1v) is 7.44. The van der Waals surface area contributed by atoms with Crippen molar-refractivity contribution in [3.05, 3.63) is 30.3 Å². The molecule has 0 unspecified atom stereocenters. The molecule has 21 heavy (non-hydrogen) atoms. The van der Waals surface area contributed by atoms with E-state index < -0.39 is 5.97 Å². The van der Waals surface area contributed by atoms with Gasteiger partial charge in [0, 0.05) is 25.2 Å². The first-order valence-electron chi connectivity index (χ1n) is 7.44. The van der Waals surface area contributed by atoms with E-state index in [1.807, 2.05) is 30.3 Å². The van der Waals surface area contributed by atoms with Crippen LogP contribution >= 0.6 is 0 Å². The van der Waals surface area contributed by atoms with Crippen LogP contribution in [0.15, 0.2) is 30.3 Å². The zero-order valence-electron chi connectivity index (χ0n) is 12.5. The van der Waals surface area contributed by atoms with Crippen LogP contribution in [0.3, 0.4) is 0 Å². The van der Waals surface area contributed by atoms with E-state index in [2.05, 4.69) is 17.1 Å². The maximum absolute atomic E-state index is 10.6. The third-order valence-corrected chi connectivity index (χ3v) is 3.85. The molecule has 116 valence electrons. The van der Waals surface area contributed by atoms with Gasteiger partial charge in [-0.3, -0.25) is 4.79 Å². The Labute approximate surface area is 125 Å². The topological polar surface area (TPSA) is 61.8 Å². The number of nitrogens with one attached hydrogen (secondary N) is 1. The molecule has 2 rings (SSSR count). The molecular formula is C16H24N2O3. The van der Waals surface area contributed by atoms with Crippen LogP contribution in [0.5, 0.6) is 5.75 Å². The quantitative estimate of drug-likeness (QED) is 0.713. The Hall–Kier alpha value is -1.59. The second-order valence-electron chi connectivity index (χ2n) is 5.85. The molecule has 0 bridgehead atoms. The van der Waals surface area contributed by atoms with E-state index in [0.29, 0.717) is 6.61 Å². The number of para-hydroxylation sites is 1. The molecule has 1 aromatic carbocycles. The molecule has 0 amide bonds. The molecule has 0 aromatic heterocycles. The average molecular weight is 292 g/mol. The summed E-state index contributed by atoms with van der Waals surface area (Å²) in [6.07, 6.45) is 1.96. The maximum atomic E-state index is 10.6. The summed E-state index contributed by atoms with van der Waals surface area (Å²) in [5, 5.41) is 11.9. The van der Waals surface area contributed by atoms with Crippen LogP contribution < -0.4 is 10.1 Å². The molecule has 1 aromatic rings. The predicted molar refractivity (Wildman–Crippen MR) is 81.7 cm³/mol. The summed E-state index contributed by atoms with van der Waals surface area (Å²) in [4.78, 5) is 13.0. The molecule has 1 heterocycles. The molecule has 1 fully saturated rings. The SMILES string of the molecule is C[C@]1(NCC(=O)O)CCN(CCCOc2ccccc2)C1. The van der Waals surface area contributed by atoms with Crippen LogP contribution in [-0.2, 0) is 4.79 Å². The molecule has 2 N–H and O–H groups in total. The van der Waals surface area contributed by atoms with Gasteiger partial charge in [-0.1, -0.05) is 18.2 Å². The lowest BCUT2D eigenvalue weighted by Crippen LogP contribution is -2.47. The third kappa shape index (κ3) is 5.36. The second kappa shape index (κ2) is 7.43. The lowest BCUT2D eigenvalue weighted by atomic mass is 10.0. The van der Waals surface area contributed by atoms with Crippen molar-refractivity contribution in [2.45, 2.75) is 25.3 Å². The zero-order valence-corrected chi connectivity index (χ0v) is 12.5. The van der Waals surface area contributed by atoms with Crippen LogP contribution in [0.1, 0.15) is 19.8 Å². The highest BCUT2D eigenvalue weighted by Gasteiger charge is 2.33. The summed E-state index contributed by atoms with van der Waals surface area (Å²) in [5.74, 6) is 0.109. The van der Waals surface area contributed by atoms with Gasteiger partial charge >= 0.3 is 5.97 Å². The van der Waals surface area contributed by atoms with Gasteiger partial charge in [0.2, 0.25) is 0 Å². The third-order valence-electron chi connectivity index (χ3n) is 3.85. The van der Waals surface area contributed by atoms with Gasteiger partial charge < -0.3 is 20.1 Å². The molecular weight excluding hydrogens is 268 g/mol. The second-order valence-corrected chi connectivity index (χ2v) is 5.85. The van der Waals surface area contributed by atoms with Crippen molar-refractivity contribution in [1.29, 1.82) is 0 Å². The van der Waals surface area contributed by atoms with Gasteiger partial charge in [0.15, 0.2) is 0 Å². The number of carboxylic acids is 1. The number of carbonyl (C=O) groups is 1. The molecule has 0 radical (unpaired) electrons. The van der Waals surface area contributed by atoms with Crippen molar-refractivity contribution in [1.82, 2.24) is 10.2 Å². The van der Waals surface area contributed by atoms with E-state index >= 15 is 0 Å². The average Bonchev–Trinajstić information content (AvgIpc) is 2.85. The Kier molecular flexibility index (Phi) is 5.59. The first kappa shape index (κ1) is 15.8. The smallest absolute Gasteiger partial charge is 0.317 e. The van der Waals surface area contributed by atoms with E-state index in [-0.39, 0.29) is 12.1 Å². The molecule has 5 nitrogen and oxygen atoms in total. The number of rotatable bonds is 8. The van der Waals surface area contributed by atoms with E-state index in [1.165, 1.54) is 0 Å². The fourth-order valence-electron chi connectivity index (χ4n) is 2.68. The largest absolute Gasteiger partial charge is 0.494 e. The summed E-state index contributed by atoms with van der Waals surface area (Å²) in [6.45, 7) is 5.72. The molecule has 1 aliphatic heterocycles. The predicted octanol–water partition coefficient (Wildman–Crippen LogP) is 1.59. The number of aliphatic carboxylic acids is 1. The van der Waals surface area contributed by atoms with Crippen LogP contribution in [0, 0.1) is 0 Å². The van der Waals surface area contributed by atoms with Crippen LogP contribution in [-0.4, -0.2) is 54.3 Å². The van der Waals surface area contributed by atoms with Crippen molar-refractivity contribution in [2.24, 2.45) is 0 Å². The number of hydrogen-bond acceptors (Lipinski definition) is 4. The van der Waals surface area contributed by atoms with Crippen molar-refractivity contribution in [2.75, 3.05) is 32.8 Å². The number of carboxylic acid groups (broad SMARTS) is 1. The zero-order chi connectivity index (χ0) is 15.1. The monoisotopic (exact) mass is 292 g/mol. The molecule has 0 spiro atoms. The molecule has 0 aliphatic carbocycles. The van der Waals surface area contributed by atoms with Crippen LogP contribution in [0.2, 0.25) is 0 Å². The summed E-state index contributed by atoms with van der Waals surface area (Å²) < 4.78 is 5.68.